The van der Waals surface area contributed by atoms with Crippen molar-refractivity contribution < 1.29 is 28.4 Å². The molecule has 0 spiro atoms. The lowest BCUT2D eigenvalue weighted by Gasteiger charge is -2.17. The van der Waals surface area contributed by atoms with E-state index in [0.717, 1.165) is 30.6 Å². The molecule has 0 aliphatic carbocycles. The van der Waals surface area contributed by atoms with Crippen molar-refractivity contribution in [1.82, 2.24) is 4.57 Å². The summed E-state index contributed by atoms with van der Waals surface area (Å²) in [5, 5.41) is 1.42. The zero-order chi connectivity index (χ0) is 23.2. The molecule has 1 unspecified atom stereocenters. The zero-order valence-electron chi connectivity index (χ0n) is 19.1. The highest BCUT2D eigenvalue weighted by Crippen LogP contribution is 2.30. The van der Waals surface area contributed by atoms with Crippen molar-refractivity contribution in [3.8, 4) is 22.9 Å². The molecule has 0 bridgehead atoms. The van der Waals surface area contributed by atoms with Crippen LogP contribution in [0, 0.1) is 0 Å². The van der Waals surface area contributed by atoms with Gasteiger partial charge in [0.25, 0.3) is 5.56 Å². The maximum atomic E-state index is 13.2. The number of fused-ring (bicyclic) bond motifs is 1. The van der Waals surface area contributed by atoms with Gasteiger partial charge in [-0.05, 0) is 54.6 Å². The summed E-state index contributed by atoms with van der Waals surface area (Å²) in [5.74, 6) is 1.76. The largest absolute Gasteiger partial charge is 0.493 e. The molecular formula is C25H29NO7. The third-order valence-corrected chi connectivity index (χ3v) is 5.66. The van der Waals surface area contributed by atoms with E-state index in [2.05, 4.69) is 0 Å². The number of hydrogen-bond donors (Lipinski definition) is 0. The van der Waals surface area contributed by atoms with Gasteiger partial charge in [0, 0.05) is 38.5 Å². The molecule has 1 saturated heterocycles. The number of methoxy groups -OCH3 is 3. The number of ether oxygens (including phenoxy) is 6. The first-order valence-electron chi connectivity index (χ1n) is 10.9. The molecule has 33 heavy (non-hydrogen) atoms. The van der Waals surface area contributed by atoms with Crippen molar-refractivity contribution in [3.05, 3.63) is 59.0 Å². The van der Waals surface area contributed by atoms with Gasteiger partial charge in [-0.15, -0.1) is 0 Å². The monoisotopic (exact) mass is 455 g/mol. The van der Waals surface area contributed by atoms with Gasteiger partial charge in [-0.25, -0.2) is 0 Å². The highest BCUT2D eigenvalue weighted by Gasteiger charge is 2.16. The van der Waals surface area contributed by atoms with Crippen LogP contribution in [0.15, 0.2) is 53.5 Å². The van der Waals surface area contributed by atoms with E-state index in [0.29, 0.717) is 29.2 Å². The van der Waals surface area contributed by atoms with Crippen molar-refractivity contribution in [2.24, 2.45) is 0 Å². The topological polar surface area (TPSA) is 77.4 Å². The van der Waals surface area contributed by atoms with Gasteiger partial charge in [-0.3, -0.25) is 9.36 Å². The molecule has 0 N–H and O–H groups in total. The average Bonchev–Trinajstić information content (AvgIpc) is 3.37. The Kier molecular flexibility index (Phi) is 7.49. The molecule has 2 heterocycles. The Morgan fingerprint density at radius 3 is 2.61 bits per heavy atom. The SMILES string of the molecule is COc1cc(-n2ccc3cc(OCC4CCCO4)ccc3c2=O)ccc1OCC(OC)OC. The van der Waals surface area contributed by atoms with Crippen LogP contribution in [-0.4, -0.2) is 58.1 Å². The van der Waals surface area contributed by atoms with Crippen LogP contribution in [0.1, 0.15) is 12.8 Å². The van der Waals surface area contributed by atoms with E-state index in [-0.39, 0.29) is 18.3 Å². The van der Waals surface area contributed by atoms with Gasteiger partial charge in [-0.1, -0.05) is 0 Å². The molecule has 0 saturated carbocycles. The number of benzene rings is 2. The summed E-state index contributed by atoms with van der Waals surface area (Å²) in [5.41, 5.74) is 0.535. The molecule has 0 radical (unpaired) electrons. The first kappa shape index (κ1) is 23.1. The summed E-state index contributed by atoms with van der Waals surface area (Å²) in [6, 6.07) is 12.7. The van der Waals surface area contributed by atoms with Crippen molar-refractivity contribution >= 4 is 10.8 Å². The van der Waals surface area contributed by atoms with Crippen LogP contribution in [0.25, 0.3) is 16.5 Å². The average molecular weight is 456 g/mol. The minimum absolute atomic E-state index is 0.132. The van der Waals surface area contributed by atoms with Crippen LogP contribution in [0.5, 0.6) is 17.2 Å². The van der Waals surface area contributed by atoms with Crippen molar-refractivity contribution in [2.75, 3.05) is 41.2 Å². The lowest BCUT2D eigenvalue weighted by molar-refractivity contribution is -0.122. The lowest BCUT2D eigenvalue weighted by atomic mass is 10.1. The summed E-state index contributed by atoms with van der Waals surface area (Å²) in [6.07, 6.45) is 3.49. The quantitative estimate of drug-likeness (QED) is 0.433. The number of pyridine rings is 1. The van der Waals surface area contributed by atoms with E-state index in [4.69, 9.17) is 28.4 Å². The number of rotatable bonds is 10. The molecule has 176 valence electrons. The molecule has 1 aliphatic heterocycles. The van der Waals surface area contributed by atoms with Crippen LogP contribution >= 0.6 is 0 Å². The molecule has 4 rings (SSSR count). The fourth-order valence-electron chi connectivity index (χ4n) is 3.80. The van der Waals surface area contributed by atoms with Gasteiger partial charge in [0.05, 0.1) is 18.9 Å². The molecule has 1 aromatic heterocycles. The summed E-state index contributed by atoms with van der Waals surface area (Å²) in [6.45, 7) is 1.52. The van der Waals surface area contributed by atoms with Crippen molar-refractivity contribution in [3.63, 3.8) is 0 Å². The molecular weight excluding hydrogens is 426 g/mol. The molecule has 1 aliphatic rings. The Hall–Kier alpha value is -3.07. The first-order chi connectivity index (χ1) is 16.1. The molecule has 0 amide bonds. The van der Waals surface area contributed by atoms with Crippen molar-refractivity contribution in [2.45, 2.75) is 25.2 Å². The highest BCUT2D eigenvalue weighted by atomic mass is 16.7. The Bertz CT molecular complexity index is 1130. The zero-order valence-corrected chi connectivity index (χ0v) is 19.1. The number of hydrogen-bond acceptors (Lipinski definition) is 7. The Labute approximate surface area is 192 Å². The minimum Gasteiger partial charge on any atom is -0.493 e. The van der Waals surface area contributed by atoms with Gasteiger partial charge in [-0.2, -0.15) is 0 Å². The van der Waals surface area contributed by atoms with Crippen LogP contribution in [0.3, 0.4) is 0 Å². The summed E-state index contributed by atoms with van der Waals surface area (Å²) in [7, 11) is 4.64. The van der Waals surface area contributed by atoms with Crippen molar-refractivity contribution in [1.29, 1.82) is 0 Å². The number of aromatic nitrogens is 1. The summed E-state index contributed by atoms with van der Waals surface area (Å²) in [4.78, 5) is 13.2. The Morgan fingerprint density at radius 2 is 1.88 bits per heavy atom. The van der Waals surface area contributed by atoms with E-state index in [1.165, 1.54) is 0 Å². The van der Waals surface area contributed by atoms with Gasteiger partial charge in [0.2, 0.25) is 0 Å². The maximum absolute atomic E-state index is 13.2. The smallest absolute Gasteiger partial charge is 0.262 e. The second kappa shape index (κ2) is 10.7. The van der Waals surface area contributed by atoms with Crippen LogP contribution in [0.4, 0.5) is 0 Å². The van der Waals surface area contributed by atoms with E-state index in [9.17, 15) is 4.79 Å². The highest BCUT2D eigenvalue weighted by molar-refractivity contribution is 5.83. The second-order valence-corrected chi connectivity index (χ2v) is 7.73. The Morgan fingerprint density at radius 1 is 1.03 bits per heavy atom. The second-order valence-electron chi connectivity index (χ2n) is 7.73. The standard InChI is InChI=1S/C25H29NO7/c1-28-23-14-18(6-9-22(23)33-16-24(29-2)30-3)26-11-10-17-13-19(7-8-21(17)25(26)27)32-15-20-5-4-12-31-20/h6-11,13-14,20,24H,4-5,12,15-16H2,1-3H3. The third-order valence-electron chi connectivity index (χ3n) is 5.66. The van der Waals surface area contributed by atoms with E-state index in [1.54, 1.807) is 56.4 Å². The number of nitrogens with zero attached hydrogens (tertiary/aromatic N) is 1. The van der Waals surface area contributed by atoms with Gasteiger partial charge in [0.15, 0.2) is 17.8 Å². The summed E-state index contributed by atoms with van der Waals surface area (Å²) >= 11 is 0. The van der Waals surface area contributed by atoms with E-state index in [1.807, 2.05) is 18.2 Å². The molecule has 2 aromatic carbocycles. The van der Waals surface area contributed by atoms with Crippen LogP contribution in [0.2, 0.25) is 0 Å². The summed E-state index contributed by atoms with van der Waals surface area (Å²) < 4.78 is 34.6. The fraction of sp³-hybridized carbons (Fsp3) is 0.400. The lowest BCUT2D eigenvalue weighted by Crippen LogP contribution is -2.22. The molecule has 1 fully saturated rings. The molecule has 3 aromatic rings. The van der Waals surface area contributed by atoms with Crippen LogP contribution in [-0.2, 0) is 14.2 Å². The molecule has 8 nitrogen and oxygen atoms in total. The minimum atomic E-state index is -0.489. The molecule has 8 heteroatoms. The molecule has 1 atom stereocenters. The first-order valence-corrected chi connectivity index (χ1v) is 10.9. The maximum Gasteiger partial charge on any atom is 0.262 e. The van der Waals surface area contributed by atoms with Gasteiger partial charge < -0.3 is 28.4 Å². The fourth-order valence-corrected chi connectivity index (χ4v) is 3.80. The third kappa shape index (κ3) is 5.30. The normalized spacial score (nSPS) is 15.8. The van der Waals surface area contributed by atoms with Gasteiger partial charge >= 0.3 is 0 Å². The predicted octanol–water partition coefficient (Wildman–Crippen LogP) is 3.55. The Balaban J connectivity index is 1.55. The predicted molar refractivity (Wildman–Crippen MR) is 124 cm³/mol. The van der Waals surface area contributed by atoms with E-state index >= 15 is 0 Å². The van der Waals surface area contributed by atoms with E-state index < -0.39 is 6.29 Å². The van der Waals surface area contributed by atoms with Gasteiger partial charge in [0.1, 0.15) is 19.0 Å². The van der Waals surface area contributed by atoms with Crippen LogP contribution < -0.4 is 19.8 Å².